The molecule has 44 heavy (non-hydrogen) atoms. The van der Waals surface area contributed by atoms with Gasteiger partial charge in [-0.25, -0.2) is 4.98 Å². The fourth-order valence-corrected chi connectivity index (χ4v) is 5.86. The van der Waals surface area contributed by atoms with Gasteiger partial charge in [-0.05, 0) is 25.7 Å². The first-order chi connectivity index (χ1) is 21.6. The minimum absolute atomic E-state index is 0.0762. The number of carbonyl (C=O) groups excluding carboxylic acids is 2. The van der Waals surface area contributed by atoms with Gasteiger partial charge >= 0.3 is 0 Å². The number of rotatable bonds is 30. The zero-order valence-electron chi connectivity index (χ0n) is 29.6. The molecule has 1 aromatic rings. The molecular weight excluding hydrogens is 544 g/mol. The summed E-state index contributed by atoms with van der Waals surface area (Å²) in [4.78, 5) is 40.4. The van der Waals surface area contributed by atoms with E-state index in [9.17, 15) is 9.59 Å². The molecule has 0 aliphatic carbocycles. The summed E-state index contributed by atoms with van der Waals surface area (Å²) in [6.07, 6.45) is 31.9. The normalized spacial score (nSPS) is 11.2. The predicted molar refractivity (Wildman–Crippen MR) is 187 cm³/mol. The third-order valence-corrected chi connectivity index (χ3v) is 8.77. The lowest BCUT2D eigenvalue weighted by Gasteiger charge is -2.24. The first-order valence-corrected chi connectivity index (χ1v) is 19.0. The van der Waals surface area contributed by atoms with Crippen molar-refractivity contribution in [2.24, 2.45) is 0 Å². The Labute approximate surface area is 272 Å². The molecule has 1 rings (SSSR count). The number of amides is 2. The highest BCUT2D eigenvalue weighted by Gasteiger charge is 2.22. The molecule has 1 aromatic heterocycles. The van der Waals surface area contributed by atoms with Crippen LogP contribution in [0.5, 0.6) is 0 Å². The van der Waals surface area contributed by atoms with Gasteiger partial charge < -0.3 is 9.80 Å². The van der Waals surface area contributed by atoms with Crippen LogP contribution in [0.4, 0.5) is 0 Å². The van der Waals surface area contributed by atoms with E-state index in [1.54, 1.807) is 12.4 Å². The predicted octanol–water partition coefficient (Wildman–Crippen LogP) is 10.8. The van der Waals surface area contributed by atoms with Crippen molar-refractivity contribution < 1.29 is 9.59 Å². The molecule has 0 bridgehead atoms. The smallest absolute Gasteiger partial charge is 0.274 e. The van der Waals surface area contributed by atoms with Gasteiger partial charge in [0.15, 0.2) is 0 Å². The molecule has 0 aromatic carbocycles. The third-order valence-electron chi connectivity index (χ3n) is 8.77. The summed E-state index contributed by atoms with van der Waals surface area (Å²) in [6, 6.07) is 0. The van der Waals surface area contributed by atoms with Gasteiger partial charge in [0.2, 0.25) is 0 Å². The Bertz CT molecular complexity index is 736. The van der Waals surface area contributed by atoms with E-state index >= 15 is 0 Å². The molecule has 0 saturated heterocycles. The van der Waals surface area contributed by atoms with Crippen molar-refractivity contribution >= 4 is 11.8 Å². The van der Waals surface area contributed by atoms with Crippen LogP contribution in [0.25, 0.3) is 0 Å². The number of nitrogens with zero attached hydrogens (tertiary/aromatic N) is 4. The fourth-order valence-electron chi connectivity index (χ4n) is 5.86. The second kappa shape index (κ2) is 28.5. The maximum Gasteiger partial charge on any atom is 0.274 e. The number of hydrogen-bond acceptors (Lipinski definition) is 4. The van der Waals surface area contributed by atoms with E-state index in [0.29, 0.717) is 11.4 Å². The van der Waals surface area contributed by atoms with E-state index in [1.165, 1.54) is 103 Å². The van der Waals surface area contributed by atoms with E-state index < -0.39 is 0 Å². The lowest BCUT2D eigenvalue weighted by atomic mass is 10.1. The molecule has 0 aliphatic heterocycles. The quantitative estimate of drug-likeness (QED) is 0.0809. The van der Waals surface area contributed by atoms with Crippen LogP contribution in [-0.4, -0.2) is 57.8 Å². The zero-order valence-corrected chi connectivity index (χ0v) is 29.6. The Balaban J connectivity index is 2.89. The van der Waals surface area contributed by atoms with Gasteiger partial charge in [-0.15, -0.1) is 0 Å². The van der Waals surface area contributed by atoms with Crippen LogP contribution >= 0.6 is 0 Å². The van der Waals surface area contributed by atoms with E-state index in [1.807, 2.05) is 9.80 Å². The highest BCUT2D eigenvalue weighted by Crippen LogP contribution is 2.14. The monoisotopic (exact) mass is 615 g/mol. The molecule has 0 spiro atoms. The summed E-state index contributed by atoms with van der Waals surface area (Å²) in [5.74, 6) is -0.152. The van der Waals surface area contributed by atoms with Crippen LogP contribution in [0.3, 0.4) is 0 Å². The zero-order chi connectivity index (χ0) is 32.1. The Kier molecular flexibility index (Phi) is 25.9. The summed E-state index contributed by atoms with van der Waals surface area (Å²) in [5.41, 5.74) is 0.624. The van der Waals surface area contributed by atoms with Gasteiger partial charge in [0.1, 0.15) is 11.4 Å². The number of unbranched alkanes of at least 4 members (excludes halogenated alkanes) is 20. The molecule has 0 unspecified atom stereocenters. The average Bonchev–Trinajstić information content (AvgIpc) is 3.04. The van der Waals surface area contributed by atoms with Crippen molar-refractivity contribution in [2.75, 3.05) is 26.2 Å². The Morgan fingerprint density at radius 3 is 0.955 bits per heavy atom. The van der Waals surface area contributed by atoms with E-state index in [4.69, 9.17) is 0 Å². The molecule has 6 heteroatoms. The summed E-state index contributed by atoms with van der Waals surface area (Å²) >= 11 is 0. The van der Waals surface area contributed by atoms with Gasteiger partial charge in [0.05, 0.1) is 12.4 Å². The number of aromatic nitrogens is 2. The van der Waals surface area contributed by atoms with Crippen molar-refractivity contribution in [3.05, 3.63) is 23.8 Å². The first-order valence-electron chi connectivity index (χ1n) is 19.0. The van der Waals surface area contributed by atoms with Crippen molar-refractivity contribution in [3.63, 3.8) is 0 Å². The van der Waals surface area contributed by atoms with E-state index in [2.05, 4.69) is 37.7 Å². The first kappa shape index (κ1) is 40.0. The molecule has 0 atom stereocenters. The van der Waals surface area contributed by atoms with Crippen LogP contribution in [0, 0.1) is 0 Å². The molecule has 254 valence electrons. The van der Waals surface area contributed by atoms with Crippen molar-refractivity contribution in [3.8, 4) is 0 Å². The molecule has 0 saturated carbocycles. The minimum atomic E-state index is -0.0762. The molecular formula is C38H70N4O2. The summed E-state index contributed by atoms with van der Waals surface area (Å²) in [5, 5.41) is 0. The second-order valence-corrected chi connectivity index (χ2v) is 12.9. The summed E-state index contributed by atoms with van der Waals surface area (Å²) in [6.45, 7) is 12.0. The maximum atomic E-state index is 13.7. The average molecular weight is 615 g/mol. The van der Waals surface area contributed by atoms with Crippen molar-refractivity contribution in [1.82, 2.24) is 19.8 Å². The summed E-state index contributed by atoms with van der Waals surface area (Å²) < 4.78 is 0. The van der Waals surface area contributed by atoms with Crippen molar-refractivity contribution in [1.29, 1.82) is 0 Å². The van der Waals surface area contributed by atoms with Crippen LogP contribution in [0.2, 0.25) is 0 Å². The third kappa shape index (κ3) is 19.4. The molecule has 1 heterocycles. The number of carbonyl (C=O) groups is 2. The van der Waals surface area contributed by atoms with Crippen LogP contribution in [0.15, 0.2) is 12.4 Å². The highest BCUT2D eigenvalue weighted by atomic mass is 16.2. The Hall–Kier alpha value is -1.98. The fraction of sp³-hybridized carbons (Fsp3) is 0.842. The van der Waals surface area contributed by atoms with Crippen molar-refractivity contribution in [2.45, 2.75) is 182 Å². The van der Waals surface area contributed by atoms with Gasteiger partial charge in [-0.3, -0.25) is 14.6 Å². The van der Waals surface area contributed by atoms with Crippen LogP contribution in [-0.2, 0) is 0 Å². The Morgan fingerprint density at radius 1 is 0.432 bits per heavy atom. The van der Waals surface area contributed by atoms with E-state index in [0.717, 1.165) is 77.5 Å². The van der Waals surface area contributed by atoms with Gasteiger partial charge in [0, 0.05) is 26.2 Å². The molecule has 2 amide bonds. The Morgan fingerprint density at radius 2 is 0.682 bits per heavy atom. The molecule has 0 radical (unpaired) electrons. The summed E-state index contributed by atoms with van der Waals surface area (Å²) in [7, 11) is 0. The maximum absolute atomic E-state index is 13.7. The van der Waals surface area contributed by atoms with Gasteiger partial charge in [0.25, 0.3) is 11.8 Å². The standard InChI is InChI=1S/C38H70N4O2/c1-5-9-13-17-21-25-29-41(30-26-22-18-14-10-6-2)37(43)35-33-39-34-36(40-35)38(44)42(31-27-23-19-15-11-7-3)32-28-24-20-16-12-8-4/h33-34H,5-32H2,1-4H3. The molecule has 0 fully saturated rings. The second-order valence-electron chi connectivity index (χ2n) is 12.9. The van der Waals surface area contributed by atoms with Gasteiger partial charge in [-0.1, -0.05) is 156 Å². The van der Waals surface area contributed by atoms with Gasteiger partial charge in [-0.2, -0.15) is 0 Å². The SMILES string of the molecule is CCCCCCCCN(CCCCCCCC)C(=O)c1cncc(C(=O)N(CCCCCCCC)CCCCCCCC)n1. The lowest BCUT2D eigenvalue weighted by Crippen LogP contribution is -2.36. The molecule has 6 nitrogen and oxygen atoms in total. The molecule has 0 N–H and O–H groups in total. The largest absolute Gasteiger partial charge is 0.337 e. The van der Waals surface area contributed by atoms with Crippen LogP contribution < -0.4 is 0 Å². The van der Waals surface area contributed by atoms with Crippen LogP contribution in [0.1, 0.15) is 203 Å². The minimum Gasteiger partial charge on any atom is -0.337 e. The lowest BCUT2D eigenvalue weighted by molar-refractivity contribution is 0.0734. The highest BCUT2D eigenvalue weighted by molar-refractivity contribution is 5.95. The number of hydrogen-bond donors (Lipinski definition) is 0. The topological polar surface area (TPSA) is 66.4 Å². The van der Waals surface area contributed by atoms with E-state index in [-0.39, 0.29) is 11.8 Å². The molecule has 0 aliphatic rings.